The molecule has 118 valence electrons. The SMILES string of the molecule is CC(C)c1ccc(/C=C/C(=O)c2ccc3c(c2)OCCO3)cc1. The van der Waals surface area contributed by atoms with Gasteiger partial charge in [0.15, 0.2) is 17.3 Å². The van der Waals surface area contributed by atoms with E-state index in [9.17, 15) is 4.79 Å². The molecule has 0 amide bonds. The number of ketones is 1. The van der Waals surface area contributed by atoms with Crippen LogP contribution in [0.15, 0.2) is 48.5 Å². The zero-order valence-electron chi connectivity index (χ0n) is 13.4. The van der Waals surface area contributed by atoms with Crippen LogP contribution >= 0.6 is 0 Å². The molecular weight excluding hydrogens is 288 g/mol. The van der Waals surface area contributed by atoms with Gasteiger partial charge in [0, 0.05) is 5.56 Å². The van der Waals surface area contributed by atoms with Crippen LogP contribution in [-0.2, 0) is 0 Å². The number of rotatable bonds is 4. The molecule has 1 aliphatic heterocycles. The Morgan fingerprint density at radius 3 is 2.39 bits per heavy atom. The van der Waals surface area contributed by atoms with Crippen LogP contribution in [0, 0.1) is 0 Å². The number of ether oxygens (including phenoxy) is 2. The van der Waals surface area contributed by atoms with E-state index in [0.717, 1.165) is 5.56 Å². The van der Waals surface area contributed by atoms with Crippen molar-refractivity contribution in [2.75, 3.05) is 13.2 Å². The molecule has 0 spiro atoms. The highest BCUT2D eigenvalue weighted by molar-refractivity contribution is 6.07. The molecule has 0 saturated carbocycles. The first-order valence-corrected chi connectivity index (χ1v) is 7.85. The quantitative estimate of drug-likeness (QED) is 0.617. The molecule has 23 heavy (non-hydrogen) atoms. The Bertz CT molecular complexity index is 727. The highest BCUT2D eigenvalue weighted by Gasteiger charge is 2.13. The molecule has 0 aliphatic carbocycles. The third kappa shape index (κ3) is 3.62. The second kappa shape index (κ2) is 6.69. The zero-order chi connectivity index (χ0) is 16.2. The van der Waals surface area contributed by atoms with Crippen molar-refractivity contribution < 1.29 is 14.3 Å². The van der Waals surface area contributed by atoms with Gasteiger partial charge in [-0.1, -0.05) is 44.2 Å². The molecular formula is C20H20O3. The Kier molecular flexibility index (Phi) is 4.47. The van der Waals surface area contributed by atoms with Gasteiger partial charge in [-0.3, -0.25) is 4.79 Å². The molecule has 3 rings (SSSR count). The van der Waals surface area contributed by atoms with Crippen molar-refractivity contribution in [1.82, 2.24) is 0 Å². The summed E-state index contributed by atoms with van der Waals surface area (Å²) in [6.45, 7) is 5.39. The number of fused-ring (bicyclic) bond motifs is 1. The highest BCUT2D eigenvalue weighted by Crippen LogP contribution is 2.31. The first-order chi connectivity index (χ1) is 11.1. The summed E-state index contributed by atoms with van der Waals surface area (Å²) in [4.78, 5) is 12.3. The molecule has 1 aliphatic rings. The van der Waals surface area contributed by atoms with E-state index in [0.29, 0.717) is 36.2 Å². The van der Waals surface area contributed by atoms with E-state index in [2.05, 4.69) is 26.0 Å². The van der Waals surface area contributed by atoms with Crippen LogP contribution in [-0.4, -0.2) is 19.0 Å². The van der Waals surface area contributed by atoms with Crippen molar-refractivity contribution in [2.24, 2.45) is 0 Å². The van der Waals surface area contributed by atoms with Gasteiger partial charge < -0.3 is 9.47 Å². The van der Waals surface area contributed by atoms with E-state index in [1.54, 1.807) is 24.3 Å². The Balaban J connectivity index is 1.73. The van der Waals surface area contributed by atoms with Crippen LogP contribution < -0.4 is 9.47 Å². The van der Waals surface area contributed by atoms with Gasteiger partial charge in [-0.15, -0.1) is 0 Å². The number of allylic oxidation sites excluding steroid dienone is 1. The van der Waals surface area contributed by atoms with E-state index >= 15 is 0 Å². The van der Waals surface area contributed by atoms with Crippen molar-refractivity contribution >= 4 is 11.9 Å². The maximum atomic E-state index is 12.3. The molecule has 2 aromatic rings. The fourth-order valence-electron chi connectivity index (χ4n) is 2.46. The average molecular weight is 308 g/mol. The number of carbonyl (C=O) groups excluding carboxylic acids is 1. The third-order valence-corrected chi connectivity index (χ3v) is 3.86. The van der Waals surface area contributed by atoms with Gasteiger partial charge in [0.1, 0.15) is 13.2 Å². The smallest absolute Gasteiger partial charge is 0.185 e. The molecule has 0 radical (unpaired) electrons. The molecule has 1 heterocycles. The van der Waals surface area contributed by atoms with Crippen LogP contribution in [0.5, 0.6) is 11.5 Å². The minimum absolute atomic E-state index is 0.0464. The Labute approximate surface area is 136 Å². The minimum atomic E-state index is -0.0464. The highest BCUT2D eigenvalue weighted by atomic mass is 16.6. The van der Waals surface area contributed by atoms with Gasteiger partial charge in [0.25, 0.3) is 0 Å². The predicted molar refractivity (Wildman–Crippen MR) is 91.3 cm³/mol. The van der Waals surface area contributed by atoms with Crippen molar-refractivity contribution in [2.45, 2.75) is 19.8 Å². The Morgan fingerprint density at radius 2 is 1.70 bits per heavy atom. The molecule has 0 saturated heterocycles. The fourth-order valence-corrected chi connectivity index (χ4v) is 2.46. The maximum absolute atomic E-state index is 12.3. The number of carbonyl (C=O) groups is 1. The van der Waals surface area contributed by atoms with E-state index in [-0.39, 0.29) is 5.78 Å². The Morgan fingerprint density at radius 1 is 1.00 bits per heavy atom. The molecule has 0 bridgehead atoms. The van der Waals surface area contributed by atoms with Gasteiger partial charge in [0.05, 0.1) is 0 Å². The average Bonchev–Trinajstić information content (AvgIpc) is 2.59. The lowest BCUT2D eigenvalue weighted by atomic mass is 10.0. The number of hydrogen-bond donors (Lipinski definition) is 0. The molecule has 0 unspecified atom stereocenters. The summed E-state index contributed by atoms with van der Waals surface area (Å²) in [5, 5.41) is 0. The minimum Gasteiger partial charge on any atom is -0.486 e. The lowest BCUT2D eigenvalue weighted by molar-refractivity contribution is 0.104. The van der Waals surface area contributed by atoms with E-state index in [4.69, 9.17) is 9.47 Å². The predicted octanol–water partition coefficient (Wildman–Crippen LogP) is 4.48. The summed E-state index contributed by atoms with van der Waals surface area (Å²) in [7, 11) is 0. The number of hydrogen-bond acceptors (Lipinski definition) is 3. The topological polar surface area (TPSA) is 35.5 Å². The van der Waals surface area contributed by atoms with Crippen LogP contribution in [0.3, 0.4) is 0 Å². The molecule has 3 heteroatoms. The van der Waals surface area contributed by atoms with Crippen LogP contribution in [0.25, 0.3) is 6.08 Å². The molecule has 2 aromatic carbocycles. The summed E-state index contributed by atoms with van der Waals surface area (Å²) in [5.74, 6) is 1.79. The van der Waals surface area contributed by atoms with Crippen LogP contribution in [0.1, 0.15) is 41.3 Å². The lowest BCUT2D eigenvalue weighted by Crippen LogP contribution is -2.15. The summed E-state index contributed by atoms with van der Waals surface area (Å²) >= 11 is 0. The van der Waals surface area contributed by atoms with Gasteiger partial charge in [-0.05, 0) is 41.3 Å². The molecule has 0 N–H and O–H groups in total. The summed E-state index contributed by atoms with van der Waals surface area (Å²) < 4.78 is 11.0. The normalized spacial score (nSPS) is 13.5. The molecule has 0 fully saturated rings. The van der Waals surface area contributed by atoms with Crippen LogP contribution in [0.4, 0.5) is 0 Å². The summed E-state index contributed by atoms with van der Waals surface area (Å²) in [6, 6.07) is 13.5. The molecule has 3 nitrogen and oxygen atoms in total. The molecule has 0 aromatic heterocycles. The van der Waals surface area contributed by atoms with Gasteiger partial charge in [-0.25, -0.2) is 0 Å². The van der Waals surface area contributed by atoms with Gasteiger partial charge >= 0.3 is 0 Å². The third-order valence-electron chi connectivity index (χ3n) is 3.86. The lowest BCUT2D eigenvalue weighted by Gasteiger charge is -2.18. The van der Waals surface area contributed by atoms with E-state index in [1.807, 2.05) is 18.2 Å². The van der Waals surface area contributed by atoms with Gasteiger partial charge in [0.2, 0.25) is 0 Å². The van der Waals surface area contributed by atoms with Gasteiger partial charge in [-0.2, -0.15) is 0 Å². The first-order valence-electron chi connectivity index (χ1n) is 7.85. The van der Waals surface area contributed by atoms with E-state index < -0.39 is 0 Å². The number of benzene rings is 2. The largest absolute Gasteiger partial charge is 0.486 e. The van der Waals surface area contributed by atoms with Crippen molar-refractivity contribution in [3.05, 3.63) is 65.2 Å². The fraction of sp³-hybridized carbons (Fsp3) is 0.250. The summed E-state index contributed by atoms with van der Waals surface area (Å²) in [6.07, 6.45) is 3.43. The summed E-state index contributed by atoms with van der Waals surface area (Å²) in [5.41, 5.74) is 2.91. The standard InChI is InChI=1S/C20H20O3/c1-14(2)16-6-3-15(4-7-16)5-9-18(21)17-8-10-19-20(13-17)23-12-11-22-19/h3-10,13-14H,11-12H2,1-2H3/b9-5+. The second-order valence-electron chi connectivity index (χ2n) is 5.88. The van der Waals surface area contributed by atoms with Crippen molar-refractivity contribution in [3.8, 4) is 11.5 Å². The van der Waals surface area contributed by atoms with E-state index in [1.165, 1.54) is 5.56 Å². The van der Waals surface area contributed by atoms with Crippen LogP contribution in [0.2, 0.25) is 0 Å². The maximum Gasteiger partial charge on any atom is 0.185 e. The zero-order valence-corrected chi connectivity index (χ0v) is 13.4. The monoisotopic (exact) mass is 308 g/mol. The van der Waals surface area contributed by atoms with Crippen molar-refractivity contribution in [1.29, 1.82) is 0 Å². The Hall–Kier alpha value is -2.55. The second-order valence-corrected chi connectivity index (χ2v) is 5.88. The van der Waals surface area contributed by atoms with Crippen molar-refractivity contribution in [3.63, 3.8) is 0 Å². The first kappa shape index (κ1) is 15.3. The molecule has 0 atom stereocenters.